The minimum absolute atomic E-state index is 0.368. The second-order valence-corrected chi connectivity index (χ2v) is 4.40. The lowest BCUT2D eigenvalue weighted by Crippen LogP contribution is -2.33. The fourth-order valence-corrected chi connectivity index (χ4v) is 1.98. The molecular weight excluding hydrogens is 204 g/mol. The van der Waals surface area contributed by atoms with Crippen LogP contribution in [0.1, 0.15) is 36.8 Å². The third-order valence-electron chi connectivity index (χ3n) is 2.77. The molecule has 4 nitrogen and oxygen atoms in total. The zero-order valence-electron chi connectivity index (χ0n) is 10.8. The van der Waals surface area contributed by atoms with Crippen LogP contribution < -0.4 is 5.32 Å². The van der Waals surface area contributed by atoms with E-state index in [0.29, 0.717) is 12.0 Å². The molecule has 1 aromatic rings. The Kier molecular flexibility index (Phi) is 4.96. The predicted molar refractivity (Wildman–Crippen MR) is 63.7 cm³/mol. The molecule has 0 aliphatic carbocycles. The molecule has 1 aromatic heterocycles. The maximum Gasteiger partial charge on any atom is 0.137 e. The van der Waals surface area contributed by atoms with Crippen LogP contribution >= 0.6 is 0 Å². The number of rotatable bonds is 6. The van der Waals surface area contributed by atoms with Gasteiger partial charge in [-0.25, -0.2) is 0 Å². The smallest absolute Gasteiger partial charge is 0.137 e. The molecule has 0 amide bonds. The summed E-state index contributed by atoms with van der Waals surface area (Å²) in [6, 6.07) is 0.368. The molecule has 1 N–H and O–H groups in total. The Morgan fingerprint density at radius 2 is 2.06 bits per heavy atom. The Labute approximate surface area is 97.3 Å². The Morgan fingerprint density at radius 1 is 1.38 bits per heavy atom. The number of nitrogens with zero attached hydrogens (tertiary/aromatic N) is 1. The van der Waals surface area contributed by atoms with Crippen molar-refractivity contribution >= 4 is 0 Å². The molecule has 92 valence electrons. The third-order valence-corrected chi connectivity index (χ3v) is 2.77. The van der Waals surface area contributed by atoms with E-state index in [1.165, 1.54) is 5.56 Å². The average molecular weight is 226 g/mol. The van der Waals surface area contributed by atoms with E-state index in [0.717, 1.165) is 24.6 Å². The molecule has 2 unspecified atom stereocenters. The summed E-state index contributed by atoms with van der Waals surface area (Å²) in [6.45, 7) is 9.88. The van der Waals surface area contributed by atoms with E-state index in [4.69, 9.17) is 9.26 Å². The topological polar surface area (TPSA) is 47.3 Å². The number of hydrogen-bond donors (Lipinski definition) is 1. The van der Waals surface area contributed by atoms with Crippen LogP contribution in [0.2, 0.25) is 0 Å². The highest BCUT2D eigenvalue weighted by Gasteiger charge is 2.16. The van der Waals surface area contributed by atoms with Crippen molar-refractivity contribution in [1.82, 2.24) is 10.5 Å². The van der Waals surface area contributed by atoms with Gasteiger partial charge in [-0.1, -0.05) is 12.1 Å². The zero-order valence-corrected chi connectivity index (χ0v) is 10.8. The van der Waals surface area contributed by atoms with Crippen molar-refractivity contribution in [1.29, 1.82) is 0 Å². The second-order valence-electron chi connectivity index (χ2n) is 4.40. The van der Waals surface area contributed by atoms with Crippen molar-refractivity contribution in [2.24, 2.45) is 0 Å². The number of aromatic nitrogens is 1. The van der Waals surface area contributed by atoms with Crippen molar-refractivity contribution in [3.63, 3.8) is 0 Å². The van der Waals surface area contributed by atoms with Crippen LogP contribution in [-0.4, -0.2) is 31.5 Å². The first-order valence-corrected chi connectivity index (χ1v) is 5.71. The maximum absolute atomic E-state index is 5.17. The van der Waals surface area contributed by atoms with Crippen LogP contribution in [0, 0.1) is 13.8 Å². The average Bonchev–Trinajstić information content (AvgIpc) is 2.56. The van der Waals surface area contributed by atoms with E-state index >= 15 is 0 Å². The van der Waals surface area contributed by atoms with Crippen LogP contribution in [0.3, 0.4) is 0 Å². The summed E-state index contributed by atoms with van der Waals surface area (Å²) in [4.78, 5) is 0. The highest BCUT2D eigenvalue weighted by atomic mass is 16.5. The largest absolute Gasteiger partial charge is 0.383 e. The molecule has 0 bridgehead atoms. The molecule has 1 heterocycles. The van der Waals surface area contributed by atoms with Gasteiger partial charge < -0.3 is 14.6 Å². The predicted octanol–water partition coefficient (Wildman–Crippen LogP) is 2.02. The van der Waals surface area contributed by atoms with Crippen LogP contribution in [0.25, 0.3) is 0 Å². The first-order valence-electron chi connectivity index (χ1n) is 5.71. The van der Waals surface area contributed by atoms with Crippen molar-refractivity contribution in [2.45, 2.75) is 39.7 Å². The van der Waals surface area contributed by atoms with Gasteiger partial charge in [0.25, 0.3) is 0 Å². The van der Waals surface area contributed by atoms with Crippen LogP contribution in [-0.2, 0) is 4.74 Å². The molecule has 2 atom stereocenters. The quantitative estimate of drug-likeness (QED) is 0.806. The number of ether oxygens (including phenoxy) is 1. The summed E-state index contributed by atoms with van der Waals surface area (Å²) in [5, 5.41) is 7.40. The summed E-state index contributed by atoms with van der Waals surface area (Å²) in [7, 11) is 1.72. The Bertz CT molecular complexity index is 303. The lowest BCUT2D eigenvalue weighted by molar-refractivity contribution is 0.171. The highest BCUT2D eigenvalue weighted by Crippen LogP contribution is 2.22. The van der Waals surface area contributed by atoms with Gasteiger partial charge >= 0.3 is 0 Å². The molecule has 0 saturated carbocycles. The van der Waals surface area contributed by atoms with Gasteiger partial charge in [-0.05, 0) is 26.7 Å². The van der Waals surface area contributed by atoms with Gasteiger partial charge in [0.05, 0.1) is 12.3 Å². The summed E-state index contributed by atoms with van der Waals surface area (Å²) in [6.07, 6.45) is 0. The summed E-state index contributed by atoms with van der Waals surface area (Å²) >= 11 is 0. The fourth-order valence-electron chi connectivity index (χ4n) is 1.98. The number of nitrogens with one attached hydrogen (secondary N) is 1. The standard InChI is InChI=1S/C12H22N2O2/c1-8(6-13-9(2)7-15-5)12-10(3)14-16-11(12)4/h8-9,13H,6-7H2,1-5H3. The number of aryl methyl sites for hydroxylation is 2. The van der Waals surface area contributed by atoms with Gasteiger partial charge in [0, 0.05) is 25.3 Å². The van der Waals surface area contributed by atoms with Gasteiger partial charge in [-0.15, -0.1) is 0 Å². The van der Waals surface area contributed by atoms with E-state index in [2.05, 4.69) is 24.3 Å². The van der Waals surface area contributed by atoms with E-state index in [1.54, 1.807) is 7.11 Å². The molecule has 4 heteroatoms. The van der Waals surface area contributed by atoms with E-state index < -0.39 is 0 Å². The summed E-state index contributed by atoms with van der Waals surface area (Å²) in [5.41, 5.74) is 2.21. The molecule has 0 radical (unpaired) electrons. The number of hydrogen-bond acceptors (Lipinski definition) is 4. The van der Waals surface area contributed by atoms with Crippen molar-refractivity contribution < 1.29 is 9.26 Å². The molecule has 0 aliphatic heterocycles. The normalized spacial score (nSPS) is 15.1. The van der Waals surface area contributed by atoms with Crippen molar-refractivity contribution in [2.75, 3.05) is 20.3 Å². The van der Waals surface area contributed by atoms with Crippen LogP contribution in [0.15, 0.2) is 4.52 Å². The Morgan fingerprint density at radius 3 is 2.56 bits per heavy atom. The highest BCUT2D eigenvalue weighted by molar-refractivity contribution is 5.25. The minimum atomic E-state index is 0.368. The first-order chi connectivity index (χ1) is 7.56. The van der Waals surface area contributed by atoms with E-state index in [1.807, 2.05) is 13.8 Å². The molecule has 0 saturated heterocycles. The Hall–Kier alpha value is -0.870. The zero-order chi connectivity index (χ0) is 12.1. The van der Waals surface area contributed by atoms with E-state index in [9.17, 15) is 0 Å². The monoisotopic (exact) mass is 226 g/mol. The van der Waals surface area contributed by atoms with Gasteiger partial charge in [-0.3, -0.25) is 0 Å². The van der Waals surface area contributed by atoms with Gasteiger partial charge in [0.15, 0.2) is 0 Å². The van der Waals surface area contributed by atoms with Crippen molar-refractivity contribution in [3.05, 3.63) is 17.0 Å². The molecule has 0 aromatic carbocycles. The molecule has 0 spiro atoms. The fraction of sp³-hybridized carbons (Fsp3) is 0.750. The Balaban J connectivity index is 2.49. The van der Waals surface area contributed by atoms with Crippen LogP contribution in [0.5, 0.6) is 0 Å². The summed E-state index contributed by atoms with van der Waals surface area (Å²) < 4.78 is 10.2. The molecular formula is C12H22N2O2. The molecule has 16 heavy (non-hydrogen) atoms. The minimum Gasteiger partial charge on any atom is -0.383 e. The first kappa shape index (κ1) is 13.2. The molecule has 1 rings (SSSR count). The van der Waals surface area contributed by atoms with Crippen molar-refractivity contribution in [3.8, 4) is 0 Å². The SMILES string of the molecule is COCC(C)NCC(C)c1c(C)noc1C. The third kappa shape index (κ3) is 3.32. The van der Waals surface area contributed by atoms with Crippen LogP contribution in [0.4, 0.5) is 0 Å². The second kappa shape index (κ2) is 6.01. The number of methoxy groups -OCH3 is 1. The maximum atomic E-state index is 5.17. The lowest BCUT2D eigenvalue weighted by atomic mass is 9.99. The lowest BCUT2D eigenvalue weighted by Gasteiger charge is -2.17. The molecule has 0 fully saturated rings. The molecule has 0 aliphatic rings. The van der Waals surface area contributed by atoms with E-state index in [-0.39, 0.29) is 0 Å². The van der Waals surface area contributed by atoms with Gasteiger partial charge in [-0.2, -0.15) is 0 Å². The van der Waals surface area contributed by atoms with Gasteiger partial charge in [0.1, 0.15) is 5.76 Å². The summed E-state index contributed by atoms with van der Waals surface area (Å²) in [5.74, 6) is 1.33. The van der Waals surface area contributed by atoms with Gasteiger partial charge in [0.2, 0.25) is 0 Å².